The summed E-state index contributed by atoms with van der Waals surface area (Å²) in [5.41, 5.74) is 2.45. The minimum Gasteiger partial charge on any atom is -0.406 e. The molecule has 0 bridgehead atoms. The van der Waals surface area contributed by atoms with E-state index >= 15 is 0 Å². The van der Waals surface area contributed by atoms with Gasteiger partial charge in [0.2, 0.25) is 0 Å². The molecule has 0 aliphatic carbocycles. The van der Waals surface area contributed by atoms with Gasteiger partial charge in [-0.1, -0.05) is 24.9 Å². The van der Waals surface area contributed by atoms with Gasteiger partial charge in [-0.3, -0.25) is 0 Å². The van der Waals surface area contributed by atoms with Crippen LogP contribution in [-0.2, 0) is 6.42 Å². The Hall–Kier alpha value is -3.20. The van der Waals surface area contributed by atoms with Crippen molar-refractivity contribution in [1.29, 1.82) is 0 Å². The Kier molecular flexibility index (Phi) is 6.51. The highest BCUT2D eigenvalue weighted by Gasteiger charge is 2.31. The Morgan fingerprint density at radius 3 is 2.37 bits per heavy atom. The summed E-state index contributed by atoms with van der Waals surface area (Å²) in [4.78, 5) is 12.4. The zero-order valence-corrected chi connectivity index (χ0v) is 16.6. The molecule has 2 N–H and O–H groups in total. The van der Waals surface area contributed by atoms with Crippen molar-refractivity contribution in [2.75, 3.05) is 10.6 Å². The van der Waals surface area contributed by atoms with Crippen molar-refractivity contribution in [3.63, 3.8) is 0 Å². The van der Waals surface area contributed by atoms with E-state index in [4.69, 9.17) is 11.6 Å². The van der Waals surface area contributed by atoms with E-state index in [0.29, 0.717) is 22.8 Å². The first-order valence-corrected chi connectivity index (χ1v) is 9.39. The van der Waals surface area contributed by atoms with E-state index in [1.54, 1.807) is 23.0 Å². The first kappa shape index (κ1) is 21.5. The molecule has 0 aliphatic rings. The van der Waals surface area contributed by atoms with Crippen LogP contribution in [0, 0.1) is 0 Å². The lowest BCUT2D eigenvalue weighted by molar-refractivity contribution is -0.274. The molecule has 0 unspecified atom stereocenters. The van der Waals surface area contributed by atoms with Crippen molar-refractivity contribution in [1.82, 2.24) is 9.78 Å². The van der Waals surface area contributed by atoms with Crippen molar-refractivity contribution in [2.24, 2.45) is 0 Å². The number of hydrogen-bond acceptors (Lipinski definition) is 3. The number of alkyl halides is 3. The third kappa shape index (κ3) is 5.66. The maximum atomic E-state index is 12.4. The number of rotatable bonds is 6. The van der Waals surface area contributed by atoms with Gasteiger partial charge >= 0.3 is 12.4 Å². The number of nitrogens with one attached hydrogen (secondary N) is 2. The van der Waals surface area contributed by atoms with Gasteiger partial charge in [0.1, 0.15) is 5.75 Å². The molecule has 10 heteroatoms. The average molecular weight is 439 g/mol. The molecular weight excluding hydrogens is 421 g/mol. The Morgan fingerprint density at radius 2 is 1.77 bits per heavy atom. The van der Waals surface area contributed by atoms with Crippen molar-refractivity contribution in [3.05, 3.63) is 65.4 Å². The molecule has 3 rings (SSSR count). The highest BCUT2D eigenvalue weighted by atomic mass is 35.5. The minimum atomic E-state index is -4.77. The largest absolute Gasteiger partial charge is 0.573 e. The van der Waals surface area contributed by atoms with Crippen LogP contribution in [0.1, 0.15) is 19.0 Å². The third-order valence-corrected chi connectivity index (χ3v) is 4.27. The second kappa shape index (κ2) is 9.08. The average Bonchev–Trinajstić information content (AvgIpc) is 3.05. The van der Waals surface area contributed by atoms with Gasteiger partial charge in [-0.25, -0.2) is 9.48 Å². The van der Waals surface area contributed by atoms with E-state index < -0.39 is 12.4 Å². The summed E-state index contributed by atoms with van der Waals surface area (Å²) in [6, 6.07) is 11.4. The number of anilines is 2. The van der Waals surface area contributed by atoms with Gasteiger partial charge < -0.3 is 15.4 Å². The molecule has 1 heterocycles. The van der Waals surface area contributed by atoms with Crippen LogP contribution in [0.4, 0.5) is 29.3 Å². The summed E-state index contributed by atoms with van der Waals surface area (Å²) < 4.78 is 42.2. The number of hydrogen-bond donors (Lipinski definition) is 2. The van der Waals surface area contributed by atoms with Crippen LogP contribution in [0.25, 0.3) is 5.69 Å². The Balaban J connectivity index is 1.71. The number of carbonyl (C=O) groups excluding carboxylic acids is 1. The molecule has 2 amide bonds. The lowest BCUT2D eigenvalue weighted by Crippen LogP contribution is -2.20. The Morgan fingerprint density at radius 1 is 1.10 bits per heavy atom. The second-order valence-electron chi connectivity index (χ2n) is 6.29. The van der Waals surface area contributed by atoms with Gasteiger partial charge in [0.05, 0.1) is 23.3 Å². The summed E-state index contributed by atoms with van der Waals surface area (Å²) in [6.45, 7) is 2.01. The number of carbonyl (C=O) groups is 1. The smallest absolute Gasteiger partial charge is 0.406 e. The van der Waals surface area contributed by atoms with Crippen LogP contribution in [0.2, 0.25) is 5.02 Å². The molecule has 0 atom stereocenters. The van der Waals surface area contributed by atoms with Crippen molar-refractivity contribution in [2.45, 2.75) is 26.1 Å². The normalized spacial score (nSPS) is 11.2. The minimum absolute atomic E-state index is 0.309. The van der Waals surface area contributed by atoms with Crippen molar-refractivity contribution < 1.29 is 22.7 Å². The maximum Gasteiger partial charge on any atom is 0.573 e. The molecule has 3 aromatic rings. The number of halogens is 4. The number of ether oxygens (including phenoxy) is 1. The molecule has 6 nitrogen and oxygen atoms in total. The van der Waals surface area contributed by atoms with Crippen LogP contribution in [0.15, 0.2) is 54.7 Å². The molecule has 2 aromatic carbocycles. The van der Waals surface area contributed by atoms with Crippen LogP contribution in [-0.4, -0.2) is 22.2 Å². The van der Waals surface area contributed by atoms with Crippen LogP contribution >= 0.6 is 11.6 Å². The van der Waals surface area contributed by atoms with E-state index in [-0.39, 0.29) is 5.75 Å². The van der Waals surface area contributed by atoms with Gasteiger partial charge in [-0.05, 0) is 55.0 Å². The van der Waals surface area contributed by atoms with Crippen molar-refractivity contribution >= 4 is 29.0 Å². The van der Waals surface area contributed by atoms with Crippen LogP contribution in [0.3, 0.4) is 0 Å². The van der Waals surface area contributed by atoms with Gasteiger partial charge in [0.25, 0.3) is 0 Å². The fourth-order valence-electron chi connectivity index (χ4n) is 2.78. The van der Waals surface area contributed by atoms with E-state index in [1.807, 2.05) is 19.1 Å². The Bertz CT molecular complexity index is 1000. The zero-order valence-electron chi connectivity index (χ0n) is 15.8. The molecule has 0 saturated heterocycles. The highest BCUT2D eigenvalue weighted by Crippen LogP contribution is 2.25. The van der Waals surface area contributed by atoms with Crippen molar-refractivity contribution in [3.8, 4) is 11.4 Å². The summed E-state index contributed by atoms with van der Waals surface area (Å²) in [5.74, 6) is -0.372. The van der Waals surface area contributed by atoms with E-state index in [1.165, 1.54) is 12.1 Å². The number of aromatic nitrogens is 2. The highest BCUT2D eigenvalue weighted by molar-refractivity contribution is 6.30. The van der Waals surface area contributed by atoms with Crippen LogP contribution in [0.5, 0.6) is 5.75 Å². The molecular formula is C20H18ClF3N4O2. The standard InChI is InChI=1S/C20H18ClF3N4O2/c1-2-3-18-17(12-25-28(18)15-8-4-13(21)5-9-15)27-19(29)26-14-6-10-16(11-7-14)30-20(22,23)24/h4-12H,2-3H2,1H3,(H2,26,27,29). The zero-order chi connectivity index (χ0) is 21.7. The molecule has 30 heavy (non-hydrogen) atoms. The lowest BCUT2D eigenvalue weighted by atomic mass is 10.2. The quantitative estimate of drug-likeness (QED) is 0.494. The fourth-order valence-corrected chi connectivity index (χ4v) is 2.91. The molecule has 158 valence electrons. The van der Waals surface area contributed by atoms with E-state index in [0.717, 1.165) is 29.9 Å². The van der Waals surface area contributed by atoms with E-state index in [2.05, 4.69) is 20.5 Å². The number of amides is 2. The fraction of sp³-hybridized carbons (Fsp3) is 0.200. The number of benzene rings is 2. The second-order valence-corrected chi connectivity index (χ2v) is 6.73. The lowest BCUT2D eigenvalue weighted by Gasteiger charge is -2.12. The summed E-state index contributed by atoms with van der Waals surface area (Å²) in [6.07, 6.45) is -1.73. The summed E-state index contributed by atoms with van der Waals surface area (Å²) in [7, 11) is 0. The summed E-state index contributed by atoms with van der Waals surface area (Å²) >= 11 is 5.93. The van der Waals surface area contributed by atoms with Crippen LogP contribution < -0.4 is 15.4 Å². The molecule has 1 aromatic heterocycles. The summed E-state index contributed by atoms with van der Waals surface area (Å²) in [5, 5.41) is 10.2. The molecule has 0 aliphatic heterocycles. The predicted molar refractivity (Wildman–Crippen MR) is 108 cm³/mol. The third-order valence-electron chi connectivity index (χ3n) is 4.02. The van der Waals surface area contributed by atoms with Gasteiger partial charge in [-0.15, -0.1) is 13.2 Å². The Labute approximate surface area is 175 Å². The molecule has 0 saturated carbocycles. The monoisotopic (exact) mass is 438 g/mol. The van der Waals surface area contributed by atoms with E-state index in [9.17, 15) is 18.0 Å². The first-order chi connectivity index (χ1) is 14.2. The first-order valence-electron chi connectivity index (χ1n) is 9.02. The van der Waals surface area contributed by atoms with Gasteiger partial charge in [0.15, 0.2) is 0 Å². The van der Waals surface area contributed by atoms with Gasteiger partial charge in [-0.2, -0.15) is 5.10 Å². The molecule has 0 spiro atoms. The number of nitrogens with zero attached hydrogens (tertiary/aromatic N) is 2. The molecule has 0 fully saturated rings. The molecule has 0 radical (unpaired) electrons. The number of urea groups is 1. The van der Waals surface area contributed by atoms with Gasteiger partial charge in [0, 0.05) is 10.7 Å². The topological polar surface area (TPSA) is 68.2 Å². The maximum absolute atomic E-state index is 12.4. The predicted octanol–water partition coefficient (Wildman–Crippen LogP) is 6.02. The SMILES string of the molecule is CCCc1c(NC(=O)Nc2ccc(OC(F)(F)F)cc2)cnn1-c1ccc(Cl)cc1.